The van der Waals surface area contributed by atoms with Crippen LogP contribution in [0.2, 0.25) is 5.02 Å². The van der Waals surface area contributed by atoms with Crippen molar-refractivity contribution in [3.05, 3.63) is 93.4 Å². The van der Waals surface area contributed by atoms with Crippen molar-refractivity contribution in [1.82, 2.24) is 10.2 Å². The van der Waals surface area contributed by atoms with E-state index in [1.54, 1.807) is 50.2 Å². The van der Waals surface area contributed by atoms with Crippen molar-refractivity contribution in [2.75, 3.05) is 17.4 Å². The van der Waals surface area contributed by atoms with Crippen LogP contribution in [-0.4, -0.2) is 44.3 Å². The zero-order valence-electron chi connectivity index (χ0n) is 22.2. The van der Waals surface area contributed by atoms with Gasteiger partial charge >= 0.3 is 0 Å². The molecular formula is C29H33BrClN3O4S. The third-order valence-corrected chi connectivity index (χ3v) is 8.78. The maximum Gasteiger partial charge on any atom is 0.264 e. The van der Waals surface area contributed by atoms with Gasteiger partial charge in [-0.15, -0.1) is 0 Å². The molecule has 208 valence electrons. The largest absolute Gasteiger partial charge is 0.354 e. The third-order valence-electron chi connectivity index (χ3n) is 6.28. The van der Waals surface area contributed by atoms with Crippen molar-refractivity contribution < 1.29 is 18.0 Å². The highest BCUT2D eigenvalue weighted by atomic mass is 79.9. The summed E-state index contributed by atoms with van der Waals surface area (Å²) in [6.07, 6.45) is 1.74. The summed E-state index contributed by atoms with van der Waals surface area (Å²) in [6.45, 7) is 5.54. The summed E-state index contributed by atoms with van der Waals surface area (Å²) in [6, 6.07) is 19.4. The molecule has 0 unspecified atom stereocenters. The average Bonchev–Trinajstić information content (AvgIpc) is 2.91. The van der Waals surface area contributed by atoms with Crippen LogP contribution in [0, 0.1) is 6.92 Å². The minimum absolute atomic E-state index is 0.0519. The summed E-state index contributed by atoms with van der Waals surface area (Å²) in [7, 11) is -4.13. The van der Waals surface area contributed by atoms with E-state index in [9.17, 15) is 18.0 Å². The molecule has 2 amide bonds. The molecule has 10 heteroatoms. The van der Waals surface area contributed by atoms with Gasteiger partial charge in [0.1, 0.15) is 12.6 Å². The minimum atomic E-state index is -4.13. The lowest BCUT2D eigenvalue weighted by molar-refractivity contribution is -0.139. The molecule has 0 heterocycles. The number of nitrogens with one attached hydrogen (secondary N) is 1. The highest BCUT2D eigenvalue weighted by molar-refractivity contribution is 9.10. The molecule has 0 aliphatic heterocycles. The first-order chi connectivity index (χ1) is 18.5. The van der Waals surface area contributed by atoms with Crippen LogP contribution in [0.5, 0.6) is 0 Å². The third kappa shape index (κ3) is 8.06. The molecule has 0 bridgehead atoms. The molecule has 0 saturated heterocycles. The Morgan fingerprint density at radius 1 is 1.03 bits per heavy atom. The lowest BCUT2D eigenvalue weighted by atomic mass is 10.1. The first-order valence-corrected chi connectivity index (χ1v) is 15.3. The van der Waals surface area contributed by atoms with Crippen LogP contribution in [0.3, 0.4) is 0 Å². The quantitative estimate of drug-likeness (QED) is 0.250. The van der Waals surface area contributed by atoms with Gasteiger partial charge in [0, 0.05) is 22.6 Å². The van der Waals surface area contributed by atoms with E-state index in [0.717, 1.165) is 27.2 Å². The average molecular weight is 635 g/mol. The molecule has 0 spiro atoms. The monoisotopic (exact) mass is 633 g/mol. The fourth-order valence-corrected chi connectivity index (χ4v) is 6.26. The molecule has 0 radical (unpaired) electrons. The Kier molecular flexibility index (Phi) is 11.0. The molecular weight excluding hydrogens is 602 g/mol. The predicted molar refractivity (Wildman–Crippen MR) is 159 cm³/mol. The maximum atomic E-state index is 14.0. The maximum absolute atomic E-state index is 14.0. The molecule has 0 aliphatic carbocycles. The van der Waals surface area contributed by atoms with E-state index in [0.29, 0.717) is 22.8 Å². The Morgan fingerprint density at radius 3 is 2.38 bits per heavy atom. The summed E-state index contributed by atoms with van der Waals surface area (Å²) in [4.78, 5) is 28.4. The van der Waals surface area contributed by atoms with E-state index >= 15 is 0 Å². The van der Waals surface area contributed by atoms with Gasteiger partial charge < -0.3 is 10.2 Å². The highest BCUT2D eigenvalue weighted by Crippen LogP contribution is 2.29. The molecule has 0 aliphatic rings. The van der Waals surface area contributed by atoms with E-state index < -0.39 is 28.5 Å². The van der Waals surface area contributed by atoms with Crippen molar-refractivity contribution >= 4 is 55.1 Å². The Bertz CT molecular complexity index is 1400. The summed E-state index contributed by atoms with van der Waals surface area (Å²) in [5.41, 5.74) is 1.73. The number of rotatable bonds is 12. The van der Waals surface area contributed by atoms with E-state index in [1.807, 2.05) is 31.2 Å². The van der Waals surface area contributed by atoms with E-state index in [1.165, 1.54) is 17.0 Å². The van der Waals surface area contributed by atoms with E-state index in [2.05, 4.69) is 21.2 Å². The summed E-state index contributed by atoms with van der Waals surface area (Å²) in [5, 5.41) is 3.34. The van der Waals surface area contributed by atoms with Crippen molar-refractivity contribution in [3.8, 4) is 0 Å². The fourth-order valence-electron chi connectivity index (χ4n) is 4.08. The molecule has 0 saturated carbocycles. The number of sulfonamides is 1. The van der Waals surface area contributed by atoms with E-state index in [4.69, 9.17) is 11.6 Å². The zero-order chi connectivity index (χ0) is 28.6. The number of amides is 2. The van der Waals surface area contributed by atoms with Crippen LogP contribution < -0.4 is 9.62 Å². The van der Waals surface area contributed by atoms with Gasteiger partial charge in [-0.25, -0.2) is 8.42 Å². The number of halogens is 2. The molecule has 39 heavy (non-hydrogen) atoms. The Morgan fingerprint density at radius 2 is 1.74 bits per heavy atom. The smallest absolute Gasteiger partial charge is 0.264 e. The Balaban J connectivity index is 2.02. The van der Waals surface area contributed by atoms with Crippen LogP contribution in [0.25, 0.3) is 0 Å². The van der Waals surface area contributed by atoms with Gasteiger partial charge in [-0.3, -0.25) is 13.9 Å². The van der Waals surface area contributed by atoms with Gasteiger partial charge in [-0.2, -0.15) is 0 Å². The number of benzene rings is 3. The van der Waals surface area contributed by atoms with Gasteiger partial charge in [0.15, 0.2) is 0 Å². The predicted octanol–water partition coefficient (Wildman–Crippen LogP) is 5.94. The van der Waals surface area contributed by atoms with Crippen molar-refractivity contribution in [3.63, 3.8) is 0 Å². The second-order valence-electron chi connectivity index (χ2n) is 9.23. The Labute approximate surface area is 244 Å². The lowest BCUT2D eigenvalue weighted by Crippen LogP contribution is -2.51. The Hall–Kier alpha value is -2.88. The van der Waals surface area contributed by atoms with Gasteiger partial charge in [-0.05, 0) is 73.9 Å². The number of hydrogen-bond donors (Lipinski definition) is 1. The fraction of sp³-hybridized carbons (Fsp3) is 0.310. The van der Waals surface area contributed by atoms with Crippen molar-refractivity contribution in [2.24, 2.45) is 0 Å². The zero-order valence-corrected chi connectivity index (χ0v) is 25.4. The second kappa shape index (κ2) is 14.0. The molecule has 7 nitrogen and oxygen atoms in total. The molecule has 3 aromatic carbocycles. The number of aryl methyl sites for hydroxylation is 1. The van der Waals surface area contributed by atoms with Crippen LogP contribution >= 0.6 is 27.5 Å². The highest BCUT2D eigenvalue weighted by Gasteiger charge is 2.33. The summed E-state index contributed by atoms with van der Waals surface area (Å²) < 4.78 is 29.6. The van der Waals surface area contributed by atoms with E-state index in [-0.39, 0.29) is 17.3 Å². The van der Waals surface area contributed by atoms with Gasteiger partial charge in [0.05, 0.1) is 10.6 Å². The molecule has 0 aromatic heterocycles. The number of carbonyl (C=O) groups excluding carboxylic acids is 2. The first-order valence-electron chi connectivity index (χ1n) is 12.7. The first kappa shape index (κ1) is 30.7. The number of nitrogens with zero attached hydrogens (tertiary/aromatic N) is 2. The topological polar surface area (TPSA) is 86.8 Å². The van der Waals surface area contributed by atoms with Crippen LogP contribution in [0.15, 0.2) is 82.2 Å². The minimum Gasteiger partial charge on any atom is -0.354 e. The summed E-state index contributed by atoms with van der Waals surface area (Å²) >= 11 is 9.60. The number of anilines is 1. The van der Waals surface area contributed by atoms with Crippen LogP contribution in [0.1, 0.15) is 37.8 Å². The van der Waals surface area contributed by atoms with Crippen molar-refractivity contribution in [1.29, 1.82) is 0 Å². The SMILES string of the molecule is CCCCNC(=O)[C@H](C)N(Cc1cccc(Br)c1)C(=O)CN(c1ccc(Cl)cc1C)S(=O)(=O)c1ccccc1. The molecule has 1 N–H and O–H groups in total. The molecule has 3 aromatic rings. The second-order valence-corrected chi connectivity index (χ2v) is 12.4. The number of carbonyl (C=O) groups is 2. The number of hydrogen-bond acceptors (Lipinski definition) is 4. The van der Waals surface area contributed by atoms with Gasteiger partial charge in [0.2, 0.25) is 11.8 Å². The van der Waals surface area contributed by atoms with Gasteiger partial charge in [-0.1, -0.05) is 71.2 Å². The van der Waals surface area contributed by atoms with Crippen LogP contribution in [0.4, 0.5) is 5.69 Å². The summed E-state index contributed by atoms with van der Waals surface area (Å²) in [5.74, 6) is -0.811. The number of unbranched alkanes of at least 4 members (excludes halogenated alkanes) is 1. The molecule has 0 fully saturated rings. The van der Waals surface area contributed by atoms with Gasteiger partial charge in [0.25, 0.3) is 10.0 Å². The van der Waals surface area contributed by atoms with Crippen molar-refractivity contribution in [2.45, 2.75) is 51.1 Å². The normalized spacial score (nSPS) is 12.0. The lowest BCUT2D eigenvalue weighted by Gasteiger charge is -2.32. The molecule has 3 rings (SSSR count). The van der Waals surface area contributed by atoms with Crippen LogP contribution in [-0.2, 0) is 26.2 Å². The molecule has 1 atom stereocenters. The standard InChI is InChI=1S/C29H33BrClN3O4S/c1-4-5-16-32-29(36)22(3)33(19-23-10-9-11-24(30)18-23)28(35)20-34(27-15-14-25(31)17-21(27)2)39(37,38)26-12-7-6-8-13-26/h6-15,17-18,22H,4-5,16,19-20H2,1-3H3,(H,32,36)/t22-/m0/s1.